The lowest BCUT2D eigenvalue weighted by Crippen LogP contribution is -2.44. The summed E-state index contributed by atoms with van der Waals surface area (Å²) in [6, 6.07) is 17.1. The van der Waals surface area contributed by atoms with Gasteiger partial charge in [0.05, 0.1) is 24.7 Å². The predicted molar refractivity (Wildman–Crippen MR) is 119 cm³/mol. The summed E-state index contributed by atoms with van der Waals surface area (Å²) in [5.41, 5.74) is 3.31. The van der Waals surface area contributed by atoms with Gasteiger partial charge >= 0.3 is 0 Å². The molecule has 7 heteroatoms. The summed E-state index contributed by atoms with van der Waals surface area (Å²) < 4.78 is 7.59. The number of rotatable bonds is 5. The molecular weight excluding hydrogens is 395 g/mol. The van der Waals surface area contributed by atoms with E-state index in [4.69, 9.17) is 9.72 Å². The standard InChI is InChI=1S/C21H26N4O.2ClH/c1-22-16-6-5-13-24(14-16)15-21-23-19-7-3-4-8-20(19)25(21)17-9-11-18(26-2)12-10-17;;/h3-4,7-12,16,22H,5-6,13-15H2,1-2H3;2*1H. The fraction of sp³-hybridized carbons (Fsp3) is 0.381. The van der Waals surface area contributed by atoms with Crippen molar-refractivity contribution in [1.82, 2.24) is 19.8 Å². The van der Waals surface area contributed by atoms with E-state index in [-0.39, 0.29) is 24.8 Å². The molecule has 0 aliphatic carbocycles. The van der Waals surface area contributed by atoms with Crippen LogP contribution in [0.4, 0.5) is 0 Å². The number of nitrogens with zero attached hydrogens (tertiary/aromatic N) is 3. The first-order valence-electron chi connectivity index (χ1n) is 9.29. The van der Waals surface area contributed by atoms with Gasteiger partial charge in [-0.15, -0.1) is 24.8 Å². The minimum absolute atomic E-state index is 0. The van der Waals surface area contributed by atoms with Gasteiger partial charge in [0.25, 0.3) is 0 Å². The van der Waals surface area contributed by atoms with Gasteiger partial charge in [0, 0.05) is 18.3 Å². The monoisotopic (exact) mass is 422 g/mol. The van der Waals surface area contributed by atoms with Crippen LogP contribution in [0.5, 0.6) is 5.75 Å². The Morgan fingerprint density at radius 1 is 1.11 bits per heavy atom. The van der Waals surface area contributed by atoms with Crippen LogP contribution in [-0.4, -0.2) is 47.7 Å². The Morgan fingerprint density at radius 3 is 2.57 bits per heavy atom. The normalized spacial score (nSPS) is 17.0. The molecule has 2 heterocycles. The van der Waals surface area contributed by atoms with Crippen molar-refractivity contribution >= 4 is 35.8 Å². The number of imidazole rings is 1. The number of para-hydroxylation sites is 2. The van der Waals surface area contributed by atoms with Crippen molar-refractivity contribution < 1.29 is 4.74 Å². The van der Waals surface area contributed by atoms with Gasteiger partial charge in [0.2, 0.25) is 0 Å². The Kier molecular flexibility index (Phi) is 8.13. The molecule has 0 radical (unpaired) electrons. The van der Waals surface area contributed by atoms with Crippen LogP contribution in [0.1, 0.15) is 18.7 Å². The maximum Gasteiger partial charge on any atom is 0.128 e. The number of hydrogen-bond donors (Lipinski definition) is 1. The second kappa shape index (κ2) is 10.1. The smallest absolute Gasteiger partial charge is 0.128 e. The Balaban J connectivity index is 0.00000140. The molecule has 0 saturated carbocycles. The molecule has 1 saturated heterocycles. The molecule has 0 amide bonds. The molecular formula is C21H28Cl2N4O. The van der Waals surface area contributed by atoms with E-state index in [1.54, 1.807) is 7.11 Å². The van der Waals surface area contributed by atoms with Gasteiger partial charge in [-0.1, -0.05) is 12.1 Å². The van der Waals surface area contributed by atoms with Crippen LogP contribution < -0.4 is 10.1 Å². The van der Waals surface area contributed by atoms with E-state index in [1.165, 1.54) is 12.8 Å². The van der Waals surface area contributed by atoms with Crippen LogP contribution in [-0.2, 0) is 6.54 Å². The molecule has 28 heavy (non-hydrogen) atoms. The zero-order valence-corrected chi connectivity index (χ0v) is 17.9. The van der Waals surface area contributed by atoms with Crippen LogP contribution in [0.2, 0.25) is 0 Å². The highest BCUT2D eigenvalue weighted by atomic mass is 35.5. The summed E-state index contributed by atoms with van der Waals surface area (Å²) in [6.45, 7) is 3.06. The maximum atomic E-state index is 5.31. The quantitative estimate of drug-likeness (QED) is 0.672. The van der Waals surface area contributed by atoms with Gasteiger partial charge in [0.1, 0.15) is 11.6 Å². The molecule has 1 fully saturated rings. The molecule has 2 aromatic carbocycles. The van der Waals surface area contributed by atoms with Crippen LogP contribution in [0.3, 0.4) is 0 Å². The van der Waals surface area contributed by atoms with E-state index < -0.39 is 0 Å². The van der Waals surface area contributed by atoms with Gasteiger partial charge in [0.15, 0.2) is 0 Å². The van der Waals surface area contributed by atoms with E-state index in [0.717, 1.165) is 47.9 Å². The number of likely N-dealkylation sites (tertiary alicyclic amines) is 1. The summed E-state index contributed by atoms with van der Waals surface area (Å²) >= 11 is 0. The summed E-state index contributed by atoms with van der Waals surface area (Å²) in [5.74, 6) is 1.96. The third-order valence-corrected chi connectivity index (χ3v) is 5.24. The molecule has 1 aromatic heterocycles. The fourth-order valence-electron chi connectivity index (χ4n) is 3.84. The molecule has 0 bridgehead atoms. The van der Waals surface area contributed by atoms with Crippen molar-refractivity contribution in [1.29, 1.82) is 0 Å². The van der Waals surface area contributed by atoms with Gasteiger partial charge < -0.3 is 10.1 Å². The number of fused-ring (bicyclic) bond motifs is 1. The van der Waals surface area contributed by atoms with Crippen LogP contribution in [0, 0.1) is 0 Å². The number of benzene rings is 2. The number of halogens is 2. The lowest BCUT2D eigenvalue weighted by molar-refractivity contribution is 0.183. The third kappa shape index (κ3) is 4.61. The first-order valence-corrected chi connectivity index (χ1v) is 9.29. The van der Waals surface area contributed by atoms with Crippen LogP contribution in [0.15, 0.2) is 48.5 Å². The lowest BCUT2D eigenvalue weighted by Gasteiger charge is -2.32. The van der Waals surface area contributed by atoms with E-state index in [2.05, 4.69) is 58.2 Å². The van der Waals surface area contributed by atoms with Crippen molar-refractivity contribution in [2.24, 2.45) is 0 Å². The molecule has 1 unspecified atom stereocenters. The largest absolute Gasteiger partial charge is 0.497 e. The second-order valence-electron chi connectivity index (χ2n) is 6.91. The molecule has 1 N–H and O–H groups in total. The minimum Gasteiger partial charge on any atom is -0.497 e. The maximum absolute atomic E-state index is 5.31. The number of hydrogen-bond acceptors (Lipinski definition) is 4. The van der Waals surface area contributed by atoms with E-state index in [0.29, 0.717) is 6.04 Å². The Bertz CT molecular complexity index is 882. The first kappa shape index (κ1) is 22.5. The number of likely N-dealkylation sites (N-methyl/N-ethyl adjacent to an activating group) is 1. The summed E-state index contributed by atoms with van der Waals surface area (Å²) in [7, 11) is 3.75. The summed E-state index contributed by atoms with van der Waals surface area (Å²) in [5, 5.41) is 3.42. The van der Waals surface area contributed by atoms with E-state index >= 15 is 0 Å². The van der Waals surface area contributed by atoms with Gasteiger partial charge in [-0.3, -0.25) is 9.47 Å². The van der Waals surface area contributed by atoms with Crippen molar-refractivity contribution in [3.8, 4) is 11.4 Å². The third-order valence-electron chi connectivity index (χ3n) is 5.24. The average Bonchev–Trinajstić information content (AvgIpc) is 3.06. The zero-order chi connectivity index (χ0) is 17.9. The Labute approximate surface area is 178 Å². The zero-order valence-electron chi connectivity index (χ0n) is 16.3. The molecule has 0 spiro atoms. The number of methoxy groups -OCH3 is 1. The molecule has 5 nitrogen and oxygen atoms in total. The molecule has 1 atom stereocenters. The Hall–Kier alpha value is -1.79. The number of nitrogens with one attached hydrogen (secondary N) is 1. The summed E-state index contributed by atoms with van der Waals surface area (Å²) in [6.07, 6.45) is 2.48. The topological polar surface area (TPSA) is 42.3 Å². The highest BCUT2D eigenvalue weighted by Crippen LogP contribution is 2.25. The molecule has 3 aromatic rings. The molecule has 1 aliphatic rings. The fourth-order valence-corrected chi connectivity index (χ4v) is 3.84. The lowest BCUT2D eigenvalue weighted by atomic mass is 10.1. The predicted octanol–water partition coefficient (Wildman–Crippen LogP) is 4.06. The summed E-state index contributed by atoms with van der Waals surface area (Å²) in [4.78, 5) is 7.45. The number of aromatic nitrogens is 2. The highest BCUT2D eigenvalue weighted by molar-refractivity contribution is 5.85. The molecule has 4 rings (SSSR count). The van der Waals surface area contributed by atoms with Crippen molar-refractivity contribution in [2.75, 3.05) is 27.2 Å². The number of piperidine rings is 1. The van der Waals surface area contributed by atoms with Gasteiger partial charge in [-0.05, 0) is 62.8 Å². The van der Waals surface area contributed by atoms with Crippen molar-refractivity contribution in [2.45, 2.75) is 25.4 Å². The first-order chi connectivity index (χ1) is 12.8. The molecule has 1 aliphatic heterocycles. The van der Waals surface area contributed by atoms with Crippen LogP contribution >= 0.6 is 24.8 Å². The molecule has 152 valence electrons. The Morgan fingerprint density at radius 2 is 1.86 bits per heavy atom. The second-order valence-corrected chi connectivity index (χ2v) is 6.91. The highest BCUT2D eigenvalue weighted by Gasteiger charge is 2.21. The SMILES string of the molecule is CNC1CCCN(Cc2nc3ccccc3n2-c2ccc(OC)cc2)C1.Cl.Cl. The van der Waals surface area contributed by atoms with Gasteiger partial charge in [-0.2, -0.15) is 0 Å². The number of ether oxygens (including phenoxy) is 1. The minimum atomic E-state index is 0. The van der Waals surface area contributed by atoms with E-state index in [1.807, 2.05) is 12.1 Å². The van der Waals surface area contributed by atoms with E-state index in [9.17, 15) is 0 Å². The van der Waals surface area contributed by atoms with Crippen molar-refractivity contribution in [3.05, 3.63) is 54.4 Å². The van der Waals surface area contributed by atoms with Crippen LogP contribution in [0.25, 0.3) is 16.7 Å². The van der Waals surface area contributed by atoms with Gasteiger partial charge in [-0.25, -0.2) is 4.98 Å². The van der Waals surface area contributed by atoms with Crippen molar-refractivity contribution in [3.63, 3.8) is 0 Å². The average molecular weight is 423 g/mol.